The Kier molecular flexibility index (Phi) is 6.60. The van der Waals surface area contributed by atoms with Gasteiger partial charge >= 0.3 is 0 Å². The summed E-state index contributed by atoms with van der Waals surface area (Å²) in [7, 11) is 0. The van der Waals surface area contributed by atoms with E-state index < -0.39 is 0 Å². The van der Waals surface area contributed by atoms with Gasteiger partial charge in [-0.15, -0.1) is 0 Å². The van der Waals surface area contributed by atoms with Crippen LogP contribution >= 0.6 is 0 Å². The third-order valence-electron chi connectivity index (χ3n) is 11.0. The third-order valence-corrected chi connectivity index (χ3v) is 11.0. The topological polar surface area (TPSA) is 49.3 Å². The molecule has 0 spiro atoms. The van der Waals surface area contributed by atoms with E-state index in [0.717, 1.165) is 29.6 Å². The summed E-state index contributed by atoms with van der Waals surface area (Å²) in [5, 5.41) is 11.9. The predicted octanol–water partition coefficient (Wildman–Crippen LogP) is 5.81. The van der Waals surface area contributed by atoms with Gasteiger partial charge in [0.25, 0.3) is 0 Å². The lowest BCUT2D eigenvalue weighted by Crippen LogP contribution is -2.55. The molecular weight excluding hydrogens is 370 g/mol. The summed E-state index contributed by atoms with van der Waals surface area (Å²) in [5.74, 6) is 5.92. The molecule has 3 heteroatoms. The standard InChI is InChI=1S/C27H47NO2/c1-5-19-17-20-23-10-9-21(18(2)16-25(30)28-14-15-29)27(23,4)13-11-24(20)26(3)12-7-6-8-22(19)26/h18-24,29H,5-17H2,1-4H3,(H,28,30)/t18-,19+,20?,21?,22+,23?,24?,26+,27-/m1/s1. The Morgan fingerprint density at radius 2 is 1.80 bits per heavy atom. The molecule has 0 aromatic heterocycles. The first-order valence-corrected chi connectivity index (χ1v) is 13.2. The molecule has 0 aliphatic heterocycles. The summed E-state index contributed by atoms with van der Waals surface area (Å²) in [6.45, 7) is 10.5. The first-order chi connectivity index (χ1) is 14.3. The second kappa shape index (κ2) is 8.75. The molecule has 9 atom stereocenters. The van der Waals surface area contributed by atoms with Crippen LogP contribution in [0.2, 0.25) is 0 Å². The molecule has 2 N–H and O–H groups in total. The van der Waals surface area contributed by atoms with Crippen molar-refractivity contribution >= 4 is 5.91 Å². The number of aliphatic hydroxyl groups is 1. The highest BCUT2D eigenvalue weighted by atomic mass is 16.3. The molecule has 0 aromatic rings. The minimum absolute atomic E-state index is 0.0325. The van der Waals surface area contributed by atoms with Crippen molar-refractivity contribution in [2.75, 3.05) is 13.2 Å². The number of carbonyl (C=O) groups excluding carboxylic acids is 1. The van der Waals surface area contributed by atoms with Crippen LogP contribution in [0.5, 0.6) is 0 Å². The van der Waals surface area contributed by atoms with Gasteiger partial charge < -0.3 is 10.4 Å². The maximum atomic E-state index is 12.3. The first kappa shape index (κ1) is 22.6. The molecule has 0 aromatic carbocycles. The van der Waals surface area contributed by atoms with Crippen LogP contribution in [0.3, 0.4) is 0 Å². The minimum atomic E-state index is 0.0325. The summed E-state index contributed by atoms with van der Waals surface area (Å²) >= 11 is 0. The summed E-state index contributed by atoms with van der Waals surface area (Å²) in [6.07, 6.45) is 14.9. The van der Waals surface area contributed by atoms with Gasteiger partial charge in [0.05, 0.1) is 6.61 Å². The second-order valence-electron chi connectivity index (χ2n) is 12.1. The molecule has 4 aliphatic rings. The van der Waals surface area contributed by atoms with Crippen LogP contribution in [0, 0.1) is 52.3 Å². The Morgan fingerprint density at radius 1 is 1.03 bits per heavy atom. The van der Waals surface area contributed by atoms with Gasteiger partial charge in [0.1, 0.15) is 0 Å². The first-order valence-electron chi connectivity index (χ1n) is 13.2. The van der Waals surface area contributed by atoms with Gasteiger partial charge in [-0.2, -0.15) is 0 Å². The fourth-order valence-electron chi connectivity index (χ4n) is 9.70. The number of amides is 1. The number of hydrogen-bond donors (Lipinski definition) is 2. The van der Waals surface area contributed by atoms with E-state index in [1.807, 2.05) is 0 Å². The largest absolute Gasteiger partial charge is 0.395 e. The van der Waals surface area contributed by atoms with E-state index in [2.05, 4.69) is 33.0 Å². The minimum Gasteiger partial charge on any atom is -0.395 e. The Balaban J connectivity index is 1.51. The number of aliphatic hydroxyl groups excluding tert-OH is 1. The van der Waals surface area contributed by atoms with Gasteiger partial charge in [0, 0.05) is 13.0 Å². The lowest BCUT2D eigenvalue weighted by Gasteiger charge is -2.63. The van der Waals surface area contributed by atoms with Crippen molar-refractivity contribution in [3.63, 3.8) is 0 Å². The number of hydrogen-bond acceptors (Lipinski definition) is 2. The third kappa shape index (κ3) is 3.65. The van der Waals surface area contributed by atoms with Gasteiger partial charge in [-0.3, -0.25) is 4.79 Å². The van der Waals surface area contributed by atoms with Crippen molar-refractivity contribution < 1.29 is 9.90 Å². The molecule has 4 fully saturated rings. The summed E-state index contributed by atoms with van der Waals surface area (Å²) in [5.41, 5.74) is 1.02. The zero-order valence-electron chi connectivity index (χ0n) is 20.1. The van der Waals surface area contributed by atoms with Gasteiger partial charge in [0.2, 0.25) is 5.91 Å². The fraction of sp³-hybridized carbons (Fsp3) is 0.963. The van der Waals surface area contributed by atoms with Gasteiger partial charge in [-0.05, 0) is 97.2 Å². The van der Waals surface area contributed by atoms with Crippen LogP contribution in [-0.2, 0) is 4.79 Å². The van der Waals surface area contributed by atoms with Crippen molar-refractivity contribution in [3.05, 3.63) is 0 Å². The molecular formula is C27H47NO2. The quantitative estimate of drug-likeness (QED) is 0.573. The molecule has 1 amide bonds. The Bertz CT molecular complexity index is 620. The molecule has 30 heavy (non-hydrogen) atoms. The molecule has 4 aliphatic carbocycles. The molecule has 0 bridgehead atoms. The molecule has 172 valence electrons. The number of rotatable bonds is 6. The molecule has 4 saturated carbocycles. The van der Waals surface area contributed by atoms with Gasteiger partial charge in [0.15, 0.2) is 0 Å². The van der Waals surface area contributed by atoms with Crippen molar-refractivity contribution in [1.82, 2.24) is 5.32 Å². The van der Waals surface area contributed by atoms with Crippen molar-refractivity contribution in [2.45, 2.75) is 98.3 Å². The highest BCUT2D eigenvalue weighted by Crippen LogP contribution is 2.69. The lowest BCUT2D eigenvalue weighted by atomic mass is 9.42. The monoisotopic (exact) mass is 417 g/mol. The maximum Gasteiger partial charge on any atom is 0.220 e. The predicted molar refractivity (Wildman–Crippen MR) is 123 cm³/mol. The van der Waals surface area contributed by atoms with E-state index in [9.17, 15) is 4.79 Å². The van der Waals surface area contributed by atoms with E-state index in [4.69, 9.17) is 5.11 Å². The molecule has 4 rings (SSSR count). The summed E-state index contributed by atoms with van der Waals surface area (Å²) in [6, 6.07) is 0. The summed E-state index contributed by atoms with van der Waals surface area (Å²) in [4.78, 5) is 12.3. The van der Waals surface area contributed by atoms with E-state index in [0.29, 0.717) is 35.6 Å². The summed E-state index contributed by atoms with van der Waals surface area (Å²) < 4.78 is 0. The maximum absolute atomic E-state index is 12.3. The van der Waals surface area contributed by atoms with E-state index in [1.165, 1.54) is 64.2 Å². The SMILES string of the molecule is CC[C@H]1CC2C3CCC([C@H](C)CC(=O)NCCO)[C@@]3(C)CCC2[C@@]2(C)CCCC[C@@H]12. The number of nitrogens with one attached hydrogen (secondary N) is 1. The van der Waals surface area contributed by atoms with Crippen molar-refractivity contribution in [1.29, 1.82) is 0 Å². The Hall–Kier alpha value is -0.570. The van der Waals surface area contributed by atoms with Crippen LogP contribution in [-0.4, -0.2) is 24.2 Å². The van der Waals surface area contributed by atoms with Gasteiger partial charge in [-0.1, -0.05) is 47.0 Å². The molecule has 0 heterocycles. The van der Waals surface area contributed by atoms with Crippen molar-refractivity contribution in [2.24, 2.45) is 52.3 Å². The Labute approximate surface area is 185 Å². The van der Waals surface area contributed by atoms with Crippen LogP contribution in [0.15, 0.2) is 0 Å². The average Bonchev–Trinajstić information content (AvgIpc) is 3.08. The van der Waals surface area contributed by atoms with Crippen molar-refractivity contribution in [3.8, 4) is 0 Å². The van der Waals surface area contributed by atoms with Crippen LogP contribution in [0.4, 0.5) is 0 Å². The zero-order valence-corrected chi connectivity index (χ0v) is 20.1. The number of carbonyl (C=O) groups is 1. The van der Waals surface area contributed by atoms with E-state index >= 15 is 0 Å². The Morgan fingerprint density at radius 3 is 2.53 bits per heavy atom. The average molecular weight is 418 g/mol. The molecule has 0 saturated heterocycles. The zero-order chi connectivity index (χ0) is 21.5. The van der Waals surface area contributed by atoms with Gasteiger partial charge in [-0.25, -0.2) is 0 Å². The lowest BCUT2D eigenvalue weighted by molar-refractivity contribution is -0.139. The number of fused-ring (bicyclic) bond motifs is 5. The highest BCUT2D eigenvalue weighted by Gasteiger charge is 2.61. The van der Waals surface area contributed by atoms with Crippen LogP contribution < -0.4 is 5.32 Å². The van der Waals surface area contributed by atoms with E-state index in [1.54, 1.807) is 0 Å². The molecule has 0 radical (unpaired) electrons. The second-order valence-corrected chi connectivity index (χ2v) is 12.1. The fourth-order valence-corrected chi connectivity index (χ4v) is 9.70. The highest BCUT2D eigenvalue weighted by molar-refractivity contribution is 5.76. The van der Waals surface area contributed by atoms with Crippen LogP contribution in [0.1, 0.15) is 98.3 Å². The molecule has 4 unspecified atom stereocenters. The molecule has 3 nitrogen and oxygen atoms in total. The smallest absolute Gasteiger partial charge is 0.220 e. The normalized spacial score (nSPS) is 46.4. The van der Waals surface area contributed by atoms with E-state index in [-0.39, 0.29) is 12.5 Å². The van der Waals surface area contributed by atoms with Crippen LogP contribution in [0.25, 0.3) is 0 Å².